The highest BCUT2D eigenvalue weighted by Crippen LogP contribution is 2.41. The first kappa shape index (κ1) is 13.0. The SMILES string of the molecule is C=C(C(C)=O)C(O)c1cc2c(cc1[N+](=O)[O-])OCO2. The smallest absolute Gasteiger partial charge is 0.279 e. The van der Waals surface area contributed by atoms with Gasteiger partial charge in [0, 0.05) is 5.57 Å². The number of ketones is 1. The van der Waals surface area contributed by atoms with E-state index in [4.69, 9.17) is 9.47 Å². The Balaban J connectivity index is 2.52. The number of Topliss-reactive ketones (excluding diaryl/α,β-unsaturated/α-hetero) is 1. The molecule has 1 N–H and O–H groups in total. The van der Waals surface area contributed by atoms with Crippen LogP contribution in [0.1, 0.15) is 18.6 Å². The fraction of sp³-hybridized carbons (Fsp3) is 0.250. The maximum absolute atomic E-state index is 11.2. The molecular weight excluding hydrogens is 254 g/mol. The zero-order valence-corrected chi connectivity index (χ0v) is 10.1. The van der Waals surface area contributed by atoms with E-state index in [0.717, 1.165) is 6.07 Å². The number of nitrogens with zero attached hydrogens (tertiary/aromatic N) is 1. The van der Waals surface area contributed by atoms with Gasteiger partial charge in [0.2, 0.25) is 6.79 Å². The van der Waals surface area contributed by atoms with Crippen LogP contribution in [0.15, 0.2) is 24.3 Å². The fourth-order valence-electron chi connectivity index (χ4n) is 1.70. The standard InChI is InChI=1S/C12H11NO6/c1-6(7(2)14)12(15)8-3-10-11(19-5-18-10)4-9(8)13(16)17/h3-4,12,15H,1,5H2,2H3. The highest BCUT2D eigenvalue weighted by Gasteiger charge is 2.29. The van der Waals surface area contributed by atoms with Crippen molar-refractivity contribution < 1.29 is 24.3 Å². The van der Waals surface area contributed by atoms with Crippen LogP contribution < -0.4 is 9.47 Å². The lowest BCUT2D eigenvalue weighted by molar-refractivity contribution is -0.386. The monoisotopic (exact) mass is 265 g/mol. The molecule has 0 saturated heterocycles. The third-order valence-corrected chi connectivity index (χ3v) is 2.80. The molecule has 1 aliphatic rings. The maximum atomic E-state index is 11.2. The molecule has 0 aliphatic carbocycles. The number of aliphatic hydroxyl groups is 1. The number of carbonyl (C=O) groups is 1. The van der Waals surface area contributed by atoms with Gasteiger partial charge in [-0.15, -0.1) is 0 Å². The van der Waals surface area contributed by atoms with Gasteiger partial charge in [0.1, 0.15) is 6.10 Å². The predicted octanol–water partition coefficient (Wildman–Crippen LogP) is 1.50. The zero-order valence-electron chi connectivity index (χ0n) is 10.1. The number of carbonyl (C=O) groups excluding carboxylic acids is 1. The summed E-state index contributed by atoms with van der Waals surface area (Å²) in [5.74, 6) is 0.0755. The Morgan fingerprint density at radius 2 is 2.05 bits per heavy atom. The van der Waals surface area contributed by atoms with E-state index in [2.05, 4.69) is 6.58 Å². The second-order valence-electron chi connectivity index (χ2n) is 4.01. The molecule has 7 heteroatoms. The highest BCUT2D eigenvalue weighted by molar-refractivity contribution is 5.94. The summed E-state index contributed by atoms with van der Waals surface area (Å²) in [6, 6.07) is 2.45. The molecule has 1 heterocycles. The average Bonchev–Trinajstić information content (AvgIpc) is 2.82. The van der Waals surface area contributed by atoms with Gasteiger partial charge >= 0.3 is 0 Å². The summed E-state index contributed by atoms with van der Waals surface area (Å²) in [4.78, 5) is 21.5. The Morgan fingerprint density at radius 1 is 1.47 bits per heavy atom. The van der Waals surface area contributed by atoms with Gasteiger partial charge in [0.15, 0.2) is 17.3 Å². The van der Waals surface area contributed by atoms with Crippen LogP contribution in [0.3, 0.4) is 0 Å². The van der Waals surface area contributed by atoms with Gasteiger partial charge < -0.3 is 14.6 Å². The minimum atomic E-state index is -1.45. The lowest BCUT2D eigenvalue weighted by atomic mass is 9.98. The molecule has 100 valence electrons. The molecule has 0 aromatic heterocycles. The van der Waals surface area contributed by atoms with Crippen LogP contribution in [0.25, 0.3) is 0 Å². The molecular formula is C12H11NO6. The number of aliphatic hydroxyl groups excluding tert-OH is 1. The van der Waals surface area contributed by atoms with Crippen molar-refractivity contribution >= 4 is 11.5 Å². The van der Waals surface area contributed by atoms with Gasteiger partial charge in [-0.2, -0.15) is 0 Å². The Bertz CT molecular complexity index is 580. The Kier molecular flexibility index (Phi) is 3.22. The first-order valence-electron chi connectivity index (χ1n) is 5.37. The molecule has 1 aliphatic heterocycles. The average molecular weight is 265 g/mol. The molecule has 1 aromatic rings. The third kappa shape index (κ3) is 2.27. The number of hydrogen-bond donors (Lipinski definition) is 1. The fourth-order valence-corrected chi connectivity index (χ4v) is 1.70. The van der Waals surface area contributed by atoms with E-state index < -0.39 is 16.8 Å². The first-order chi connectivity index (χ1) is 8.91. The molecule has 1 unspecified atom stereocenters. The molecule has 0 saturated carbocycles. The quantitative estimate of drug-likeness (QED) is 0.503. The lowest BCUT2D eigenvalue weighted by Gasteiger charge is -2.12. The Labute approximate surface area is 108 Å². The molecule has 0 fully saturated rings. The molecule has 0 spiro atoms. The zero-order chi connectivity index (χ0) is 14.2. The number of benzene rings is 1. The van der Waals surface area contributed by atoms with Crippen molar-refractivity contribution in [1.29, 1.82) is 0 Å². The summed E-state index contributed by atoms with van der Waals surface area (Å²) in [6.07, 6.45) is -1.45. The van der Waals surface area contributed by atoms with Crippen molar-refractivity contribution in [3.8, 4) is 11.5 Å². The normalized spacial score (nSPS) is 14.0. The molecule has 1 aromatic carbocycles. The molecule has 19 heavy (non-hydrogen) atoms. The summed E-state index contributed by atoms with van der Waals surface area (Å²) in [6.45, 7) is 4.61. The van der Waals surface area contributed by atoms with E-state index in [9.17, 15) is 20.0 Å². The van der Waals surface area contributed by atoms with Gasteiger partial charge in [-0.25, -0.2) is 0 Å². The summed E-state index contributed by atoms with van der Waals surface area (Å²) < 4.78 is 10.1. The topological polar surface area (TPSA) is 98.9 Å². The van der Waals surface area contributed by atoms with Crippen LogP contribution in [0.4, 0.5) is 5.69 Å². The van der Waals surface area contributed by atoms with Crippen LogP contribution in [-0.2, 0) is 4.79 Å². The summed E-state index contributed by atoms with van der Waals surface area (Å²) in [5, 5.41) is 21.0. The van der Waals surface area contributed by atoms with Crippen molar-refractivity contribution in [1.82, 2.24) is 0 Å². The summed E-state index contributed by atoms with van der Waals surface area (Å²) in [7, 11) is 0. The Morgan fingerprint density at radius 3 is 2.58 bits per heavy atom. The van der Waals surface area contributed by atoms with Crippen LogP contribution in [0, 0.1) is 10.1 Å². The van der Waals surface area contributed by atoms with Crippen molar-refractivity contribution in [2.24, 2.45) is 0 Å². The maximum Gasteiger partial charge on any atom is 0.279 e. The second kappa shape index (κ2) is 4.69. The van der Waals surface area contributed by atoms with Crippen molar-refractivity contribution in [2.75, 3.05) is 6.79 Å². The van der Waals surface area contributed by atoms with E-state index in [1.807, 2.05) is 0 Å². The van der Waals surface area contributed by atoms with Crippen LogP contribution >= 0.6 is 0 Å². The summed E-state index contributed by atoms with van der Waals surface area (Å²) in [5.41, 5.74) is -0.518. The molecule has 0 amide bonds. The highest BCUT2D eigenvalue weighted by atomic mass is 16.7. The van der Waals surface area contributed by atoms with Crippen LogP contribution in [-0.4, -0.2) is 22.6 Å². The van der Waals surface area contributed by atoms with Crippen LogP contribution in [0.5, 0.6) is 11.5 Å². The van der Waals surface area contributed by atoms with E-state index in [-0.39, 0.29) is 35.1 Å². The van der Waals surface area contributed by atoms with Gasteiger partial charge in [-0.05, 0) is 13.0 Å². The largest absolute Gasteiger partial charge is 0.454 e. The molecule has 0 bridgehead atoms. The molecule has 0 radical (unpaired) electrons. The van der Waals surface area contributed by atoms with Gasteiger partial charge in [0.05, 0.1) is 16.6 Å². The minimum Gasteiger partial charge on any atom is -0.454 e. The number of rotatable bonds is 4. The van der Waals surface area contributed by atoms with E-state index >= 15 is 0 Å². The van der Waals surface area contributed by atoms with Crippen molar-refractivity contribution in [3.63, 3.8) is 0 Å². The van der Waals surface area contributed by atoms with Gasteiger partial charge in [0.25, 0.3) is 5.69 Å². The van der Waals surface area contributed by atoms with Gasteiger partial charge in [-0.3, -0.25) is 14.9 Å². The lowest BCUT2D eigenvalue weighted by Crippen LogP contribution is -2.09. The molecule has 7 nitrogen and oxygen atoms in total. The molecule has 1 atom stereocenters. The van der Waals surface area contributed by atoms with Gasteiger partial charge in [-0.1, -0.05) is 6.58 Å². The Hall–Kier alpha value is -2.41. The number of nitro benzene ring substituents is 1. The second-order valence-corrected chi connectivity index (χ2v) is 4.01. The van der Waals surface area contributed by atoms with Crippen molar-refractivity contribution in [2.45, 2.75) is 13.0 Å². The third-order valence-electron chi connectivity index (χ3n) is 2.80. The summed E-state index contributed by atoms with van der Waals surface area (Å²) >= 11 is 0. The number of nitro groups is 1. The van der Waals surface area contributed by atoms with E-state index in [1.54, 1.807) is 0 Å². The first-order valence-corrected chi connectivity index (χ1v) is 5.37. The molecule has 2 rings (SSSR count). The number of hydrogen-bond acceptors (Lipinski definition) is 6. The predicted molar refractivity (Wildman–Crippen MR) is 64.0 cm³/mol. The number of ether oxygens (including phenoxy) is 2. The van der Waals surface area contributed by atoms with E-state index in [0.29, 0.717) is 0 Å². The van der Waals surface area contributed by atoms with Crippen LogP contribution in [0.2, 0.25) is 0 Å². The number of fused-ring (bicyclic) bond motifs is 1. The minimum absolute atomic E-state index is 0.0420. The van der Waals surface area contributed by atoms with Crippen molar-refractivity contribution in [3.05, 3.63) is 40.0 Å². The van der Waals surface area contributed by atoms with E-state index in [1.165, 1.54) is 13.0 Å².